The average Bonchev–Trinajstić information content (AvgIpc) is 2.22. The van der Waals surface area contributed by atoms with Crippen LogP contribution in [0.1, 0.15) is 0 Å². The van der Waals surface area contributed by atoms with E-state index >= 15 is 0 Å². The van der Waals surface area contributed by atoms with Crippen molar-refractivity contribution < 1.29 is 9.84 Å². The summed E-state index contributed by atoms with van der Waals surface area (Å²) < 4.78 is 5.21. The summed E-state index contributed by atoms with van der Waals surface area (Å²) in [7, 11) is 0. The molecule has 15 heavy (non-hydrogen) atoms. The van der Waals surface area contributed by atoms with Crippen LogP contribution in [0.5, 0.6) is 17.4 Å². The van der Waals surface area contributed by atoms with E-state index in [2.05, 4.69) is 9.97 Å². The van der Waals surface area contributed by atoms with Gasteiger partial charge in [-0.2, -0.15) is 0 Å². The highest BCUT2D eigenvalue weighted by molar-refractivity contribution is 5.39. The zero-order valence-electron chi connectivity index (χ0n) is 7.68. The lowest BCUT2D eigenvalue weighted by atomic mass is 10.3. The molecule has 0 radical (unpaired) electrons. The molecule has 0 spiro atoms. The highest BCUT2D eigenvalue weighted by atomic mass is 16.5. The molecule has 0 atom stereocenters. The second-order valence-corrected chi connectivity index (χ2v) is 2.82. The topological polar surface area (TPSA) is 75.2 Å². The number of aromatic amines is 1. The molecule has 1 heterocycles. The molecule has 0 aliphatic heterocycles. The number of para-hydroxylation sites is 2. The van der Waals surface area contributed by atoms with E-state index < -0.39 is 0 Å². The predicted molar refractivity (Wildman–Crippen MR) is 53.0 cm³/mol. The Labute approximate surface area is 85.0 Å². The summed E-state index contributed by atoms with van der Waals surface area (Å²) in [4.78, 5) is 17.1. The van der Waals surface area contributed by atoms with E-state index in [1.54, 1.807) is 18.2 Å². The van der Waals surface area contributed by atoms with Crippen LogP contribution in [0.2, 0.25) is 0 Å². The number of hydrogen-bond donors (Lipinski definition) is 2. The van der Waals surface area contributed by atoms with E-state index in [0.717, 1.165) is 0 Å². The molecule has 0 aliphatic rings. The van der Waals surface area contributed by atoms with Gasteiger partial charge < -0.3 is 14.8 Å². The Balaban J connectivity index is 2.30. The SMILES string of the molecule is O=c1cc(Oc2ccccc2O)nc[nH]1. The molecule has 76 valence electrons. The van der Waals surface area contributed by atoms with Gasteiger partial charge in [-0.3, -0.25) is 4.79 Å². The summed E-state index contributed by atoms with van der Waals surface area (Å²) in [6, 6.07) is 7.66. The number of aromatic nitrogens is 2. The van der Waals surface area contributed by atoms with Crippen LogP contribution in [0.15, 0.2) is 41.5 Å². The van der Waals surface area contributed by atoms with Gasteiger partial charge in [-0.15, -0.1) is 0 Å². The molecule has 2 rings (SSSR count). The van der Waals surface area contributed by atoms with Crippen LogP contribution in [0, 0.1) is 0 Å². The third-order valence-corrected chi connectivity index (χ3v) is 1.73. The molecule has 1 aromatic heterocycles. The van der Waals surface area contributed by atoms with Gasteiger partial charge in [0.1, 0.15) is 0 Å². The predicted octanol–water partition coefficient (Wildman–Crippen LogP) is 1.27. The molecule has 0 fully saturated rings. The minimum absolute atomic E-state index is 0.000387. The third kappa shape index (κ3) is 2.14. The Morgan fingerprint density at radius 1 is 1.33 bits per heavy atom. The smallest absolute Gasteiger partial charge is 0.254 e. The number of nitrogens with zero attached hydrogens (tertiary/aromatic N) is 1. The van der Waals surface area contributed by atoms with Crippen LogP contribution in [-0.2, 0) is 0 Å². The molecule has 5 heteroatoms. The molecule has 0 bridgehead atoms. The highest BCUT2D eigenvalue weighted by Crippen LogP contribution is 2.27. The summed E-state index contributed by atoms with van der Waals surface area (Å²) in [5.41, 5.74) is -0.310. The van der Waals surface area contributed by atoms with Gasteiger partial charge in [0.05, 0.1) is 12.4 Å². The molecule has 0 amide bonds. The fourth-order valence-electron chi connectivity index (χ4n) is 1.06. The van der Waals surface area contributed by atoms with E-state index in [1.807, 2.05) is 0 Å². The second kappa shape index (κ2) is 3.83. The molecule has 5 nitrogen and oxygen atoms in total. The molecule has 2 aromatic rings. The third-order valence-electron chi connectivity index (χ3n) is 1.73. The molecule has 0 saturated heterocycles. The summed E-state index contributed by atoms with van der Waals surface area (Å²) in [5.74, 6) is 0.399. The summed E-state index contributed by atoms with van der Waals surface area (Å²) in [6.07, 6.45) is 1.23. The Hall–Kier alpha value is -2.30. The van der Waals surface area contributed by atoms with Crippen molar-refractivity contribution in [3.8, 4) is 17.4 Å². The first-order chi connectivity index (χ1) is 7.25. The van der Waals surface area contributed by atoms with E-state index in [4.69, 9.17) is 4.74 Å². The number of ether oxygens (including phenoxy) is 1. The zero-order chi connectivity index (χ0) is 10.7. The lowest BCUT2D eigenvalue weighted by Gasteiger charge is -2.04. The maximum Gasteiger partial charge on any atom is 0.254 e. The maximum absolute atomic E-state index is 10.9. The first-order valence-corrected chi connectivity index (χ1v) is 4.26. The normalized spacial score (nSPS) is 9.87. The number of nitrogens with one attached hydrogen (secondary N) is 1. The number of phenolic OH excluding ortho intramolecular Hbond substituents is 1. The Kier molecular flexibility index (Phi) is 2.37. The van der Waals surface area contributed by atoms with Crippen molar-refractivity contribution in [3.63, 3.8) is 0 Å². The number of phenols is 1. The van der Waals surface area contributed by atoms with Crippen LogP contribution in [-0.4, -0.2) is 15.1 Å². The molecule has 0 aliphatic carbocycles. The van der Waals surface area contributed by atoms with E-state index in [-0.39, 0.29) is 22.9 Å². The first kappa shape index (κ1) is 9.26. The monoisotopic (exact) mass is 204 g/mol. The standard InChI is InChI=1S/C10H8N2O3/c13-7-3-1-2-4-8(7)15-10-5-9(14)11-6-12-10/h1-6,13H,(H,11,12,14). The lowest BCUT2D eigenvalue weighted by molar-refractivity contribution is 0.402. The zero-order valence-corrected chi connectivity index (χ0v) is 7.68. The van der Waals surface area contributed by atoms with Crippen molar-refractivity contribution >= 4 is 0 Å². The number of H-pyrrole nitrogens is 1. The minimum atomic E-state index is -0.310. The van der Waals surface area contributed by atoms with Crippen LogP contribution in [0.25, 0.3) is 0 Å². The highest BCUT2D eigenvalue weighted by Gasteiger charge is 2.03. The van der Waals surface area contributed by atoms with Crippen molar-refractivity contribution in [2.24, 2.45) is 0 Å². The molecule has 0 saturated carbocycles. The van der Waals surface area contributed by atoms with Crippen LogP contribution in [0.4, 0.5) is 0 Å². The first-order valence-electron chi connectivity index (χ1n) is 4.26. The van der Waals surface area contributed by atoms with Gasteiger partial charge in [0.15, 0.2) is 11.5 Å². The number of hydrogen-bond acceptors (Lipinski definition) is 4. The molecular weight excluding hydrogens is 196 g/mol. The van der Waals surface area contributed by atoms with Gasteiger partial charge in [0, 0.05) is 0 Å². The molecular formula is C10H8N2O3. The Bertz CT molecular complexity index is 522. The molecule has 1 aromatic carbocycles. The van der Waals surface area contributed by atoms with Crippen molar-refractivity contribution in [2.75, 3.05) is 0 Å². The maximum atomic E-state index is 10.9. The van der Waals surface area contributed by atoms with Crippen LogP contribution < -0.4 is 10.3 Å². The van der Waals surface area contributed by atoms with E-state index in [9.17, 15) is 9.90 Å². The molecule has 0 unspecified atom stereocenters. The number of rotatable bonds is 2. The molecule has 2 N–H and O–H groups in total. The number of aromatic hydroxyl groups is 1. The van der Waals surface area contributed by atoms with E-state index in [0.29, 0.717) is 0 Å². The van der Waals surface area contributed by atoms with Gasteiger partial charge in [-0.25, -0.2) is 4.98 Å². The van der Waals surface area contributed by atoms with Crippen molar-refractivity contribution in [1.29, 1.82) is 0 Å². The van der Waals surface area contributed by atoms with Gasteiger partial charge >= 0.3 is 0 Å². The fourth-order valence-corrected chi connectivity index (χ4v) is 1.06. The summed E-state index contributed by atoms with van der Waals surface area (Å²) in [6.45, 7) is 0. The lowest BCUT2D eigenvalue weighted by Crippen LogP contribution is -2.04. The minimum Gasteiger partial charge on any atom is -0.504 e. The van der Waals surface area contributed by atoms with Crippen molar-refractivity contribution in [2.45, 2.75) is 0 Å². The van der Waals surface area contributed by atoms with Crippen molar-refractivity contribution in [3.05, 3.63) is 47.0 Å². The van der Waals surface area contributed by atoms with Gasteiger partial charge in [0.2, 0.25) is 5.88 Å². The Morgan fingerprint density at radius 3 is 2.87 bits per heavy atom. The van der Waals surface area contributed by atoms with Gasteiger partial charge in [-0.1, -0.05) is 12.1 Å². The van der Waals surface area contributed by atoms with Gasteiger partial charge in [0.25, 0.3) is 5.56 Å². The Morgan fingerprint density at radius 2 is 2.13 bits per heavy atom. The van der Waals surface area contributed by atoms with Crippen LogP contribution >= 0.6 is 0 Å². The van der Waals surface area contributed by atoms with Crippen LogP contribution in [0.3, 0.4) is 0 Å². The largest absolute Gasteiger partial charge is 0.504 e. The van der Waals surface area contributed by atoms with Crippen molar-refractivity contribution in [1.82, 2.24) is 9.97 Å². The quantitative estimate of drug-likeness (QED) is 0.772. The average molecular weight is 204 g/mol. The van der Waals surface area contributed by atoms with E-state index in [1.165, 1.54) is 18.5 Å². The summed E-state index contributed by atoms with van der Waals surface area (Å²) >= 11 is 0. The second-order valence-electron chi connectivity index (χ2n) is 2.82. The number of benzene rings is 1. The summed E-state index contributed by atoms with van der Waals surface area (Å²) in [5, 5.41) is 9.40. The fraction of sp³-hybridized carbons (Fsp3) is 0. The van der Waals surface area contributed by atoms with Gasteiger partial charge in [-0.05, 0) is 12.1 Å².